The number of nitrogens with two attached hydrogens (primary N) is 1. The number of nitrogen functional groups attached to an aromatic ring is 1. The van der Waals surface area contributed by atoms with Gasteiger partial charge in [0.05, 0.1) is 11.3 Å². The number of carbonyl (C=O) groups is 1. The number of hydrogen-bond acceptors (Lipinski definition) is 3. The zero-order valence-corrected chi connectivity index (χ0v) is 11.9. The number of rotatable bonds is 5. The Kier molecular flexibility index (Phi) is 4.32. The van der Waals surface area contributed by atoms with Crippen molar-refractivity contribution in [2.24, 2.45) is 11.3 Å². The van der Waals surface area contributed by atoms with Gasteiger partial charge in [0, 0.05) is 11.6 Å². The first-order chi connectivity index (χ1) is 9.10. The first-order valence-corrected chi connectivity index (χ1v) is 7.02. The highest BCUT2D eigenvalue weighted by Gasteiger charge is 2.35. The first-order valence-electron chi connectivity index (χ1n) is 6.64. The predicted octanol–water partition coefficient (Wildman–Crippen LogP) is 2.94. The highest BCUT2D eigenvalue weighted by molar-refractivity contribution is 6.31. The molecular formula is C14H20ClN3O. The molecule has 4 nitrogen and oxygen atoms in total. The van der Waals surface area contributed by atoms with Crippen molar-refractivity contribution in [2.45, 2.75) is 32.6 Å². The second-order valence-electron chi connectivity index (χ2n) is 5.22. The monoisotopic (exact) mass is 281 g/mol. The number of nitrogens with one attached hydrogen (secondary N) is 2. The Labute approximate surface area is 118 Å². The van der Waals surface area contributed by atoms with Crippen LogP contribution in [0.1, 0.15) is 43.0 Å². The van der Waals surface area contributed by atoms with E-state index >= 15 is 0 Å². The molecule has 1 aromatic carbocycles. The molecule has 0 aromatic heterocycles. The van der Waals surface area contributed by atoms with E-state index in [0.29, 0.717) is 21.7 Å². The second kappa shape index (κ2) is 5.80. The van der Waals surface area contributed by atoms with Crippen LogP contribution in [0.2, 0.25) is 5.02 Å². The maximum Gasteiger partial charge on any atom is 0.253 e. The van der Waals surface area contributed by atoms with Gasteiger partial charge in [-0.05, 0) is 42.9 Å². The Morgan fingerprint density at radius 2 is 2.21 bits per heavy atom. The van der Waals surface area contributed by atoms with Crippen LogP contribution < -0.4 is 16.6 Å². The van der Waals surface area contributed by atoms with Crippen molar-refractivity contribution in [2.75, 3.05) is 12.0 Å². The zero-order chi connectivity index (χ0) is 13.9. The van der Waals surface area contributed by atoms with E-state index in [9.17, 15) is 4.79 Å². The summed E-state index contributed by atoms with van der Waals surface area (Å²) in [4.78, 5) is 12.2. The van der Waals surface area contributed by atoms with Gasteiger partial charge in [0.2, 0.25) is 0 Å². The van der Waals surface area contributed by atoms with E-state index in [1.807, 2.05) is 0 Å². The van der Waals surface area contributed by atoms with E-state index in [4.69, 9.17) is 17.4 Å². The Morgan fingerprint density at radius 1 is 1.47 bits per heavy atom. The van der Waals surface area contributed by atoms with Gasteiger partial charge < -0.3 is 10.7 Å². The molecule has 0 spiro atoms. The van der Waals surface area contributed by atoms with Crippen molar-refractivity contribution >= 4 is 23.2 Å². The topological polar surface area (TPSA) is 67.2 Å². The molecule has 0 unspecified atom stereocenters. The smallest absolute Gasteiger partial charge is 0.253 e. The van der Waals surface area contributed by atoms with E-state index in [2.05, 4.69) is 17.7 Å². The number of benzene rings is 1. The van der Waals surface area contributed by atoms with Crippen LogP contribution in [0.25, 0.3) is 0 Å². The van der Waals surface area contributed by atoms with Crippen LogP contribution in [0.5, 0.6) is 0 Å². The van der Waals surface area contributed by atoms with E-state index in [-0.39, 0.29) is 5.91 Å². The Balaban J connectivity index is 2.05. The highest BCUT2D eigenvalue weighted by atomic mass is 35.5. The number of amides is 1. The van der Waals surface area contributed by atoms with Crippen molar-refractivity contribution in [3.63, 3.8) is 0 Å². The number of halogens is 1. The van der Waals surface area contributed by atoms with Gasteiger partial charge in [-0.1, -0.05) is 24.9 Å². The summed E-state index contributed by atoms with van der Waals surface area (Å²) in [6.45, 7) is 2.90. The third-order valence-corrected chi connectivity index (χ3v) is 4.40. The van der Waals surface area contributed by atoms with Crippen molar-refractivity contribution < 1.29 is 4.79 Å². The molecule has 19 heavy (non-hydrogen) atoms. The molecule has 0 atom stereocenters. The fourth-order valence-electron chi connectivity index (χ4n) is 2.53. The summed E-state index contributed by atoms with van der Waals surface area (Å²) in [5.74, 6) is 5.28. The van der Waals surface area contributed by atoms with Crippen LogP contribution >= 0.6 is 11.6 Å². The molecule has 1 aromatic rings. The fourth-order valence-corrected chi connectivity index (χ4v) is 2.70. The molecule has 1 aliphatic rings. The predicted molar refractivity (Wildman–Crippen MR) is 78.2 cm³/mol. The van der Waals surface area contributed by atoms with Gasteiger partial charge >= 0.3 is 0 Å². The maximum absolute atomic E-state index is 12.2. The summed E-state index contributed by atoms with van der Waals surface area (Å²) in [5.41, 5.74) is 3.89. The fraction of sp³-hybridized carbons (Fsp3) is 0.500. The lowest BCUT2D eigenvalue weighted by atomic mass is 9.67. The minimum atomic E-state index is -0.129. The maximum atomic E-state index is 12.2. The minimum absolute atomic E-state index is 0.129. The molecule has 1 saturated carbocycles. The summed E-state index contributed by atoms with van der Waals surface area (Å²) in [5, 5.41) is 3.53. The van der Waals surface area contributed by atoms with Gasteiger partial charge in [-0.25, -0.2) is 0 Å². The number of hydrogen-bond donors (Lipinski definition) is 3. The van der Waals surface area contributed by atoms with Gasteiger partial charge in [-0.3, -0.25) is 10.6 Å². The molecule has 0 saturated heterocycles. The van der Waals surface area contributed by atoms with Crippen LogP contribution in [0.15, 0.2) is 18.2 Å². The molecule has 1 fully saturated rings. The molecule has 0 aliphatic heterocycles. The number of hydrazine groups is 1. The van der Waals surface area contributed by atoms with Crippen LogP contribution in [-0.4, -0.2) is 12.5 Å². The number of carbonyl (C=O) groups excluding carboxylic acids is 1. The van der Waals surface area contributed by atoms with Gasteiger partial charge in [-0.15, -0.1) is 0 Å². The SMILES string of the molecule is CCC1(CNC(=O)c2cc(Cl)ccc2NN)CCC1. The molecule has 5 heteroatoms. The average Bonchev–Trinajstić information content (AvgIpc) is 2.37. The van der Waals surface area contributed by atoms with Crippen molar-refractivity contribution in [1.29, 1.82) is 0 Å². The Bertz CT molecular complexity index is 466. The molecule has 0 bridgehead atoms. The van der Waals surface area contributed by atoms with Gasteiger partial charge in [0.15, 0.2) is 0 Å². The molecule has 1 aliphatic carbocycles. The van der Waals surface area contributed by atoms with Crippen LogP contribution in [0.3, 0.4) is 0 Å². The highest BCUT2D eigenvalue weighted by Crippen LogP contribution is 2.43. The molecule has 104 valence electrons. The van der Waals surface area contributed by atoms with E-state index in [1.165, 1.54) is 19.3 Å². The number of anilines is 1. The van der Waals surface area contributed by atoms with Crippen molar-refractivity contribution in [3.8, 4) is 0 Å². The Morgan fingerprint density at radius 3 is 2.74 bits per heavy atom. The summed E-state index contributed by atoms with van der Waals surface area (Å²) in [6, 6.07) is 5.04. The summed E-state index contributed by atoms with van der Waals surface area (Å²) < 4.78 is 0. The van der Waals surface area contributed by atoms with Gasteiger partial charge in [0.1, 0.15) is 0 Å². The van der Waals surface area contributed by atoms with E-state index < -0.39 is 0 Å². The lowest BCUT2D eigenvalue weighted by molar-refractivity contribution is 0.0851. The Hall–Kier alpha value is -1.26. The van der Waals surface area contributed by atoms with Crippen molar-refractivity contribution in [1.82, 2.24) is 5.32 Å². The van der Waals surface area contributed by atoms with Crippen LogP contribution in [-0.2, 0) is 0 Å². The molecule has 1 amide bonds. The third kappa shape index (κ3) is 3.01. The first kappa shape index (κ1) is 14.2. The molecule has 0 heterocycles. The van der Waals surface area contributed by atoms with Crippen LogP contribution in [0, 0.1) is 5.41 Å². The minimum Gasteiger partial charge on any atom is -0.351 e. The van der Waals surface area contributed by atoms with E-state index in [1.54, 1.807) is 18.2 Å². The van der Waals surface area contributed by atoms with Crippen LogP contribution in [0.4, 0.5) is 5.69 Å². The average molecular weight is 282 g/mol. The van der Waals surface area contributed by atoms with Gasteiger partial charge in [-0.2, -0.15) is 0 Å². The lowest BCUT2D eigenvalue weighted by Crippen LogP contribution is -2.41. The standard InChI is InChI=1S/C14H20ClN3O/c1-2-14(6-3-7-14)9-17-13(19)11-8-10(15)4-5-12(11)18-16/h4-5,8,18H,2-3,6-7,9,16H2,1H3,(H,17,19). The lowest BCUT2D eigenvalue weighted by Gasteiger charge is -2.41. The summed E-state index contributed by atoms with van der Waals surface area (Å²) in [6.07, 6.45) is 4.75. The third-order valence-electron chi connectivity index (χ3n) is 4.17. The molecule has 4 N–H and O–H groups in total. The van der Waals surface area contributed by atoms with Gasteiger partial charge in [0.25, 0.3) is 5.91 Å². The normalized spacial score (nSPS) is 16.6. The summed E-state index contributed by atoms with van der Waals surface area (Å²) >= 11 is 5.93. The summed E-state index contributed by atoms with van der Waals surface area (Å²) in [7, 11) is 0. The quantitative estimate of drug-likeness (QED) is 0.574. The zero-order valence-electron chi connectivity index (χ0n) is 11.1. The van der Waals surface area contributed by atoms with E-state index in [0.717, 1.165) is 13.0 Å². The largest absolute Gasteiger partial charge is 0.351 e. The molecule has 0 radical (unpaired) electrons. The molecule has 2 rings (SSSR count). The molecular weight excluding hydrogens is 262 g/mol. The van der Waals surface area contributed by atoms with Crippen molar-refractivity contribution in [3.05, 3.63) is 28.8 Å². The second-order valence-corrected chi connectivity index (χ2v) is 5.66.